The normalized spacial score (nSPS) is 10.9. The summed E-state index contributed by atoms with van der Waals surface area (Å²) in [4.78, 5) is 0. The Labute approximate surface area is 117 Å². The van der Waals surface area contributed by atoms with Crippen molar-refractivity contribution in [2.24, 2.45) is 17.4 Å². The molecule has 4 N–H and O–H groups in total. The molecule has 0 bridgehead atoms. The summed E-state index contributed by atoms with van der Waals surface area (Å²) in [5.41, 5.74) is 12.6. The van der Waals surface area contributed by atoms with Gasteiger partial charge in [-0.1, -0.05) is 31.9 Å². The third kappa shape index (κ3) is 6.60. The molecule has 0 spiro atoms. The number of unbranched alkanes of at least 4 members (excludes halogenated alkanes) is 2. The average Bonchev–Trinajstić information content (AvgIpc) is 2.46. The predicted molar refractivity (Wildman–Crippen MR) is 81.4 cm³/mol. The number of benzene rings is 1. The van der Waals surface area contributed by atoms with Crippen molar-refractivity contribution in [3.63, 3.8) is 0 Å². The van der Waals surface area contributed by atoms with Gasteiger partial charge in [-0.05, 0) is 56.0 Å². The lowest BCUT2D eigenvalue weighted by atomic mass is 10.00. The maximum Gasteiger partial charge on any atom is 0.119 e. The van der Waals surface area contributed by atoms with E-state index in [2.05, 4.69) is 31.2 Å². The van der Waals surface area contributed by atoms with Gasteiger partial charge >= 0.3 is 0 Å². The van der Waals surface area contributed by atoms with Crippen molar-refractivity contribution in [1.82, 2.24) is 0 Å². The highest BCUT2D eigenvalue weighted by atomic mass is 16.5. The Hall–Kier alpha value is -1.06. The highest BCUT2D eigenvalue weighted by Gasteiger charge is 2.04. The van der Waals surface area contributed by atoms with Crippen molar-refractivity contribution < 1.29 is 4.74 Å². The molecule has 19 heavy (non-hydrogen) atoms. The van der Waals surface area contributed by atoms with Crippen LogP contribution in [0.5, 0.6) is 5.75 Å². The van der Waals surface area contributed by atoms with E-state index < -0.39 is 0 Å². The van der Waals surface area contributed by atoms with Crippen LogP contribution in [-0.4, -0.2) is 19.7 Å². The number of hydrogen-bond acceptors (Lipinski definition) is 3. The molecule has 0 saturated heterocycles. The lowest BCUT2D eigenvalue weighted by molar-refractivity contribution is 0.306. The van der Waals surface area contributed by atoms with Crippen molar-refractivity contribution in [2.75, 3.05) is 19.7 Å². The summed E-state index contributed by atoms with van der Waals surface area (Å²) in [5, 5.41) is 0. The van der Waals surface area contributed by atoms with Gasteiger partial charge in [-0.2, -0.15) is 0 Å². The molecule has 0 aliphatic carbocycles. The molecule has 1 rings (SSSR count). The van der Waals surface area contributed by atoms with E-state index in [0.29, 0.717) is 19.0 Å². The molecule has 0 amide bonds. The van der Waals surface area contributed by atoms with Crippen LogP contribution in [0.3, 0.4) is 0 Å². The van der Waals surface area contributed by atoms with E-state index >= 15 is 0 Å². The number of hydrogen-bond donors (Lipinski definition) is 2. The standard InChI is InChI=1S/C16H28N2O/c1-2-3-4-11-19-16-9-7-14(8-10-16)5-6-15(12-17)13-18/h7-10,15H,2-6,11-13,17-18H2,1H3. The van der Waals surface area contributed by atoms with Crippen molar-refractivity contribution in [1.29, 1.82) is 0 Å². The fourth-order valence-electron chi connectivity index (χ4n) is 2.00. The van der Waals surface area contributed by atoms with Gasteiger partial charge in [0.1, 0.15) is 5.75 Å². The zero-order valence-corrected chi connectivity index (χ0v) is 12.1. The molecule has 0 atom stereocenters. The number of nitrogens with two attached hydrogens (primary N) is 2. The third-order valence-electron chi connectivity index (χ3n) is 3.45. The maximum atomic E-state index is 5.69. The first kappa shape index (κ1) is 16.0. The van der Waals surface area contributed by atoms with Crippen LogP contribution in [0.2, 0.25) is 0 Å². The van der Waals surface area contributed by atoms with Gasteiger partial charge in [0.15, 0.2) is 0 Å². The largest absolute Gasteiger partial charge is 0.494 e. The van der Waals surface area contributed by atoms with Gasteiger partial charge in [0.2, 0.25) is 0 Å². The van der Waals surface area contributed by atoms with Crippen LogP contribution < -0.4 is 16.2 Å². The summed E-state index contributed by atoms with van der Waals surface area (Å²) in [6.45, 7) is 4.37. The van der Waals surface area contributed by atoms with E-state index in [-0.39, 0.29) is 0 Å². The second-order valence-electron chi connectivity index (χ2n) is 5.08. The van der Waals surface area contributed by atoms with Gasteiger partial charge in [-0.15, -0.1) is 0 Å². The second-order valence-corrected chi connectivity index (χ2v) is 5.08. The molecule has 1 aromatic rings. The Morgan fingerprint density at radius 2 is 1.74 bits per heavy atom. The van der Waals surface area contributed by atoms with Gasteiger partial charge in [-0.25, -0.2) is 0 Å². The molecule has 0 aliphatic rings. The summed E-state index contributed by atoms with van der Waals surface area (Å²) < 4.78 is 5.69. The van der Waals surface area contributed by atoms with Gasteiger partial charge in [0, 0.05) is 0 Å². The summed E-state index contributed by atoms with van der Waals surface area (Å²) in [5.74, 6) is 1.40. The van der Waals surface area contributed by atoms with Crippen LogP contribution in [0.1, 0.15) is 38.2 Å². The van der Waals surface area contributed by atoms with Crippen LogP contribution in [0.25, 0.3) is 0 Å². The summed E-state index contributed by atoms with van der Waals surface area (Å²) >= 11 is 0. The fourth-order valence-corrected chi connectivity index (χ4v) is 2.00. The monoisotopic (exact) mass is 264 g/mol. The third-order valence-corrected chi connectivity index (χ3v) is 3.45. The Morgan fingerprint density at radius 3 is 2.32 bits per heavy atom. The smallest absolute Gasteiger partial charge is 0.119 e. The van der Waals surface area contributed by atoms with Crippen LogP contribution in [-0.2, 0) is 6.42 Å². The predicted octanol–water partition coefficient (Wildman–Crippen LogP) is 2.72. The lowest BCUT2D eigenvalue weighted by Gasteiger charge is -2.12. The molecule has 108 valence electrons. The number of ether oxygens (including phenoxy) is 1. The van der Waals surface area contributed by atoms with E-state index in [0.717, 1.165) is 31.6 Å². The minimum atomic E-state index is 0.435. The fraction of sp³-hybridized carbons (Fsp3) is 0.625. The maximum absolute atomic E-state index is 5.69. The molecule has 1 aromatic carbocycles. The van der Waals surface area contributed by atoms with E-state index in [1.165, 1.54) is 18.4 Å². The minimum Gasteiger partial charge on any atom is -0.494 e. The topological polar surface area (TPSA) is 61.3 Å². The van der Waals surface area contributed by atoms with Gasteiger partial charge in [0.05, 0.1) is 6.61 Å². The van der Waals surface area contributed by atoms with Gasteiger partial charge < -0.3 is 16.2 Å². The zero-order valence-electron chi connectivity index (χ0n) is 12.1. The molecular formula is C16H28N2O. The summed E-state index contributed by atoms with van der Waals surface area (Å²) in [7, 11) is 0. The van der Waals surface area contributed by atoms with Gasteiger partial charge in [-0.3, -0.25) is 0 Å². The summed E-state index contributed by atoms with van der Waals surface area (Å²) in [6, 6.07) is 8.39. The van der Waals surface area contributed by atoms with Crippen molar-refractivity contribution in [2.45, 2.75) is 39.0 Å². The van der Waals surface area contributed by atoms with Crippen molar-refractivity contribution in [3.05, 3.63) is 29.8 Å². The van der Waals surface area contributed by atoms with Crippen LogP contribution in [0.15, 0.2) is 24.3 Å². The molecule has 0 radical (unpaired) electrons. The van der Waals surface area contributed by atoms with Crippen LogP contribution in [0.4, 0.5) is 0 Å². The Bertz CT molecular complexity index is 320. The molecular weight excluding hydrogens is 236 g/mol. The van der Waals surface area contributed by atoms with Crippen molar-refractivity contribution >= 4 is 0 Å². The molecule has 0 aromatic heterocycles. The average molecular weight is 264 g/mol. The van der Waals surface area contributed by atoms with E-state index in [9.17, 15) is 0 Å². The zero-order chi connectivity index (χ0) is 13.9. The Balaban J connectivity index is 2.30. The molecule has 3 heteroatoms. The molecule has 0 aliphatic heterocycles. The Morgan fingerprint density at radius 1 is 1.05 bits per heavy atom. The first-order chi connectivity index (χ1) is 9.30. The number of aryl methyl sites for hydroxylation is 1. The van der Waals surface area contributed by atoms with E-state index in [1.807, 2.05) is 0 Å². The molecule has 0 saturated carbocycles. The van der Waals surface area contributed by atoms with E-state index in [4.69, 9.17) is 16.2 Å². The molecule has 0 heterocycles. The molecule has 0 unspecified atom stereocenters. The molecule has 3 nitrogen and oxygen atoms in total. The molecule has 0 fully saturated rings. The lowest BCUT2D eigenvalue weighted by Crippen LogP contribution is -2.23. The number of rotatable bonds is 10. The first-order valence-corrected chi connectivity index (χ1v) is 7.42. The highest BCUT2D eigenvalue weighted by Crippen LogP contribution is 2.15. The highest BCUT2D eigenvalue weighted by molar-refractivity contribution is 5.27. The van der Waals surface area contributed by atoms with Gasteiger partial charge in [0.25, 0.3) is 0 Å². The first-order valence-electron chi connectivity index (χ1n) is 7.42. The Kier molecular flexibility index (Phi) is 8.26. The minimum absolute atomic E-state index is 0.435. The quantitative estimate of drug-likeness (QED) is 0.639. The summed E-state index contributed by atoms with van der Waals surface area (Å²) in [6.07, 6.45) is 5.69. The van der Waals surface area contributed by atoms with Crippen molar-refractivity contribution in [3.8, 4) is 5.75 Å². The van der Waals surface area contributed by atoms with E-state index in [1.54, 1.807) is 0 Å². The second kappa shape index (κ2) is 9.82. The van der Waals surface area contributed by atoms with Crippen LogP contribution >= 0.6 is 0 Å². The SMILES string of the molecule is CCCCCOc1ccc(CCC(CN)CN)cc1. The van der Waals surface area contributed by atoms with Crippen LogP contribution in [0, 0.1) is 5.92 Å².